The van der Waals surface area contributed by atoms with Crippen LogP contribution in [0.2, 0.25) is 0 Å². The average molecular weight is 218 g/mol. The topological polar surface area (TPSA) is 63.8 Å². The van der Waals surface area contributed by atoms with E-state index in [0.717, 1.165) is 0 Å². The van der Waals surface area contributed by atoms with Gasteiger partial charge in [-0.1, -0.05) is 6.08 Å². The van der Waals surface area contributed by atoms with Gasteiger partial charge in [0.15, 0.2) is 0 Å². The number of hydrogen-bond donors (Lipinski definition) is 2. The SMILES string of the molecule is NC1=CCC(F)=CC=C1Nc1ncccn1. The summed E-state index contributed by atoms with van der Waals surface area (Å²) in [7, 11) is 0. The summed E-state index contributed by atoms with van der Waals surface area (Å²) >= 11 is 0. The van der Waals surface area contributed by atoms with E-state index in [0.29, 0.717) is 17.3 Å². The fourth-order valence-electron chi connectivity index (χ4n) is 1.25. The van der Waals surface area contributed by atoms with E-state index in [2.05, 4.69) is 15.3 Å². The van der Waals surface area contributed by atoms with E-state index in [-0.39, 0.29) is 12.2 Å². The standard InChI is InChI=1S/C11H11FN4/c12-8-2-4-9(13)10(5-3-8)16-11-14-6-1-7-15-11/h1,3-7H,2,13H2,(H,14,15,16). The summed E-state index contributed by atoms with van der Waals surface area (Å²) in [6.07, 6.45) is 8.00. The fourth-order valence-corrected chi connectivity index (χ4v) is 1.25. The van der Waals surface area contributed by atoms with Crippen LogP contribution < -0.4 is 11.1 Å². The predicted octanol–water partition coefficient (Wildman–Crippen LogP) is 1.87. The van der Waals surface area contributed by atoms with Gasteiger partial charge in [0.05, 0.1) is 11.4 Å². The first kappa shape index (κ1) is 10.4. The Morgan fingerprint density at radius 2 is 2.00 bits per heavy atom. The lowest BCUT2D eigenvalue weighted by molar-refractivity contribution is 0.618. The van der Waals surface area contributed by atoms with E-state index < -0.39 is 0 Å². The van der Waals surface area contributed by atoms with Gasteiger partial charge in [0.2, 0.25) is 5.95 Å². The zero-order chi connectivity index (χ0) is 11.4. The van der Waals surface area contributed by atoms with Crippen molar-refractivity contribution in [2.24, 2.45) is 5.73 Å². The van der Waals surface area contributed by atoms with Crippen LogP contribution in [0.5, 0.6) is 0 Å². The van der Waals surface area contributed by atoms with Crippen molar-refractivity contribution in [2.45, 2.75) is 6.42 Å². The molecule has 0 saturated carbocycles. The van der Waals surface area contributed by atoms with Crippen LogP contribution in [-0.2, 0) is 0 Å². The molecule has 1 aromatic rings. The van der Waals surface area contributed by atoms with Gasteiger partial charge in [-0.2, -0.15) is 0 Å². The molecule has 2 rings (SSSR count). The van der Waals surface area contributed by atoms with Gasteiger partial charge in [-0.25, -0.2) is 14.4 Å². The van der Waals surface area contributed by atoms with Gasteiger partial charge in [0.1, 0.15) is 5.83 Å². The number of rotatable bonds is 2. The van der Waals surface area contributed by atoms with Crippen molar-refractivity contribution in [3.05, 3.63) is 53.9 Å². The molecular formula is C11H11FN4. The fraction of sp³-hybridized carbons (Fsp3) is 0.0909. The van der Waals surface area contributed by atoms with Gasteiger partial charge in [0, 0.05) is 18.8 Å². The lowest BCUT2D eigenvalue weighted by Gasteiger charge is -2.07. The van der Waals surface area contributed by atoms with Crippen molar-refractivity contribution in [3.63, 3.8) is 0 Å². The highest BCUT2D eigenvalue weighted by molar-refractivity contribution is 5.46. The van der Waals surface area contributed by atoms with Crippen molar-refractivity contribution in [2.75, 3.05) is 5.32 Å². The number of nitrogens with one attached hydrogen (secondary N) is 1. The number of halogens is 1. The molecule has 82 valence electrons. The molecule has 0 aromatic carbocycles. The molecule has 16 heavy (non-hydrogen) atoms. The minimum atomic E-state index is -0.228. The van der Waals surface area contributed by atoms with Crippen LogP contribution in [0.1, 0.15) is 6.42 Å². The van der Waals surface area contributed by atoms with E-state index in [1.807, 2.05) is 0 Å². The monoisotopic (exact) mass is 218 g/mol. The molecule has 1 aliphatic carbocycles. The number of nitrogens with two attached hydrogens (primary N) is 1. The Morgan fingerprint density at radius 3 is 2.75 bits per heavy atom. The average Bonchev–Trinajstić information content (AvgIpc) is 2.46. The molecule has 1 aromatic heterocycles. The lowest BCUT2D eigenvalue weighted by atomic mass is 10.3. The summed E-state index contributed by atoms with van der Waals surface area (Å²) in [6.45, 7) is 0. The van der Waals surface area contributed by atoms with Crippen LogP contribution in [0.3, 0.4) is 0 Å². The molecule has 0 fully saturated rings. The maximum Gasteiger partial charge on any atom is 0.227 e. The van der Waals surface area contributed by atoms with Gasteiger partial charge < -0.3 is 11.1 Å². The van der Waals surface area contributed by atoms with Crippen molar-refractivity contribution in [1.82, 2.24) is 9.97 Å². The summed E-state index contributed by atoms with van der Waals surface area (Å²) in [5.41, 5.74) is 6.84. The first-order valence-corrected chi connectivity index (χ1v) is 4.82. The summed E-state index contributed by atoms with van der Waals surface area (Å²) < 4.78 is 13.0. The Bertz CT molecular complexity index is 462. The van der Waals surface area contributed by atoms with Crippen LogP contribution in [0.25, 0.3) is 0 Å². The number of nitrogens with zero attached hydrogens (tertiary/aromatic N) is 2. The third kappa shape index (κ3) is 2.44. The van der Waals surface area contributed by atoms with E-state index >= 15 is 0 Å². The van der Waals surface area contributed by atoms with Crippen LogP contribution >= 0.6 is 0 Å². The molecule has 3 N–H and O–H groups in total. The quantitative estimate of drug-likeness (QED) is 0.795. The molecule has 0 bridgehead atoms. The molecule has 0 amide bonds. The highest BCUT2D eigenvalue weighted by Gasteiger charge is 2.06. The van der Waals surface area contributed by atoms with Crippen molar-refractivity contribution in [3.8, 4) is 0 Å². The second-order valence-electron chi connectivity index (χ2n) is 3.25. The number of hydrogen-bond acceptors (Lipinski definition) is 4. The number of aromatic nitrogens is 2. The number of anilines is 1. The second kappa shape index (κ2) is 4.57. The molecule has 0 radical (unpaired) electrons. The van der Waals surface area contributed by atoms with Gasteiger partial charge in [0.25, 0.3) is 0 Å². The summed E-state index contributed by atoms with van der Waals surface area (Å²) in [6, 6.07) is 1.71. The molecular weight excluding hydrogens is 207 g/mol. The van der Waals surface area contributed by atoms with Crippen LogP contribution in [0.4, 0.5) is 10.3 Å². The zero-order valence-corrected chi connectivity index (χ0v) is 8.52. The van der Waals surface area contributed by atoms with Crippen LogP contribution in [-0.4, -0.2) is 9.97 Å². The van der Waals surface area contributed by atoms with E-state index in [1.54, 1.807) is 30.6 Å². The molecule has 0 saturated heterocycles. The highest BCUT2D eigenvalue weighted by atomic mass is 19.1. The lowest BCUT2D eigenvalue weighted by Crippen LogP contribution is -2.10. The van der Waals surface area contributed by atoms with E-state index in [4.69, 9.17) is 5.73 Å². The molecule has 4 nitrogen and oxygen atoms in total. The molecule has 0 aliphatic heterocycles. The Kier molecular flexibility index (Phi) is 2.95. The molecule has 0 unspecified atom stereocenters. The third-order valence-corrected chi connectivity index (χ3v) is 2.07. The van der Waals surface area contributed by atoms with Gasteiger partial charge >= 0.3 is 0 Å². The Balaban J connectivity index is 2.21. The normalized spacial score (nSPS) is 15.7. The molecule has 1 heterocycles. The molecule has 5 heteroatoms. The van der Waals surface area contributed by atoms with E-state index in [9.17, 15) is 4.39 Å². The number of allylic oxidation sites excluding steroid dienone is 4. The maximum atomic E-state index is 13.0. The van der Waals surface area contributed by atoms with E-state index in [1.165, 1.54) is 6.08 Å². The Morgan fingerprint density at radius 1 is 1.25 bits per heavy atom. The largest absolute Gasteiger partial charge is 0.397 e. The zero-order valence-electron chi connectivity index (χ0n) is 8.52. The second-order valence-corrected chi connectivity index (χ2v) is 3.25. The maximum absolute atomic E-state index is 13.0. The van der Waals surface area contributed by atoms with Crippen molar-refractivity contribution < 1.29 is 4.39 Å². The molecule has 0 atom stereocenters. The highest BCUT2D eigenvalue weighted by Crippen LogP contribution is 2.16. The van der Waals surface area contributed by atoms with Crippen LogP contribution in [0, 0.1) is 0 Å². The van der Waals surface area contributed by atoms with Gasteiger partial charge in [-0.05, 0) is 18.2 Å². The molecule has 0 spiro atoms. The van der Waals surface area contributed by atoms with Gasteiger partial charge in [-0.15, -0.1) is 0 Å². The summed E-state index contributed by atoms with van der Waals surface area (Å²) in [5.74, 6) is 0.203. The summed E-state index contributed by atoms with van der Waals surface area (Å²) in [5, 5.41) is 2.93. The predicted molar refractivity (Wildman–Crippen MR) is 59.8 cm³/mol. The van der Waals surface area contributed by atoms with Crippen molar-refractivity contribution in [1.29, 1.82) is 0 Å². The first-order valence-electron chi connectivity index (χ1n) is 4.82. The first-order chi connectivity index (χ1) is 7.75. The smallest absolute Gasteiger partial charge is 0.227 e. The minimum Gasteiger partial charge on any atom is -0.397 e. The van der Waals surface area contributed by atoms with Crippen molar-refractivity contribution >= 4 is 5.95 Å². The van der Waals surface area contributed by atoms with Crippen LogP contribution in [0.15, 0.2) is 53.9 Å². The minimum absolute atomic E-state index is 0.211. The molecule has 1 aliphatic rings. The van der Waals surface area contributed by atoms with Gasteiger partial charge in [-0.3, -0.25) is 0 Å². The summed E-state index contributed by atoms with van der Waals surface area (Å²) in [4.78, 5) is 7.99. The Labute approximate surface area is 92.4 Å². The third-order valence-electron chi connectivity index (χ3n) is 2.07. The Hall–Kier alpha value is -2.17.